The highest BCUT2D eigenvalue weighted by molar-refractivity contribution is 9.10. The van der Waals surface area contributed by atoms with Crippen LogP contribution < -0.4 is 10.6 Å². The summed E-state index contributed by atoms with van der Waals surface area (Å²) in [5.41, 5.74) is 0.603. The van der Waals surface area contributed by atoms with Gasteiger partial charge in [0.2, 0.25) is 5.91 Å². The third-order valence-electron chi connectivity index (χ3n) is 3.99. The molecule has 0 radical (unpaired) electrons. The molecule has 0 aromatic heterocycles. The van der Waals surface area contributed by atoms with Gasteiger partial charge in [0, 0.05) is 42.1 Å². The Labute approximate surface area is 145 Å². The van der Waals surface area contributed by atoms with Crippen LogP contribution in [0.2, 0.25) is 0 Å². The first-order chi connectivity index (χ1) is 11.1. The van der Waals surface area contributed by atoms with Gasteiger partial charge in [-0.3, -0.25) is 9.59 Å². The molecule has 1 aliphatic heterocycles. The van der Waals surface area contributed by atoms with Crippen molar-refractivity contribution in [3.05, 3.63) is 34.3 Å². The molecule has 5 nitrogen and oxygen atoms in total. The van der Waals surface area contributed by atoms with Gasteiger partial charge in [-0.25, -0.2) is 0 Å². The molecule has 0 spiro atoms. The molecule has 2 rings (SSSR count). The van der Waals surface area contributed by atoms with E-state index in [1.165, 1.54) is 0 Å². The summed E-state index contributed by atoms with van der Waals surface area (Å²) in [5.74, 6) is -0.0217. The van der Waals surface area contributed by atoms with E-state index in [9.17, 15) is 9.59 Å². The summed E-state index contributed by atoms with van der Waals surface area (Å²) in [4.78, 5) is 26.4. The Morgan fingerprint density at radius 2 is 2.09 bits per heavy atom. The predicted octanol–water partition coefficient (Wildman–Crippen LogP) is 2.17. The Morgan fingerprint density at radius 3 is 2.70 bits per heavy atom. The molecule has 1 aliphatic rings. The van der Waals surface area contributed by atoms with Gasteiger partial charge in [-0.15, -0.1) is 0 Å². The number of nitrogens with one attached hydrogen (secondary N) is 2. The van der Waals surface area contributed by atoms with Crippen molar-refractivity contribution >= 4 is 27.7 Å². The van der Waals surface area contributed by atoms with Crippen LogP contribution in [0.25, 0.3) is 0 Å². The molecule has 1 aromatic carbocycles. The summed E-state index contributed by atoms with van der Waals surface area (Å²) in [5, 5.41) is 6.12. The third-order valence-corrected chi connectivity index (χ3v) is 4.52. The Hall–Kier alpha value is -1.40. The molecule has 1 aromatic rings. The number of nitrogens with zero attached hydrogens (tertiary/aromatic N) is 1. The summed E-state index contributed by atoms with van der Waals surface area (Å²) in [7, 11) is 0. The lowest BCUT2D eigenvalue weighted by Crippen LogP contribution is -2.43. The van der Waals surface area contributed by atoms with Gasteiger partial charge < -0.3 is 15.5 Å². The monoisotopic (exact) mass is 381 g/mol. The second-order valence-corrected chi connectivity index (χ2v) is 6.66. The standard InChI is InChI=1S/C17H24BrN3O2/c1-2-11-21(15-7-9-19-12-15)16(22)8-10-20-17(23)13-3-5-14(18)6-4-13/h3-6,15,19H,2,7-12H2,1H3,(H,20,23). The maximum absolute atomic E-state index is 12.4. The minimum Gasteiger partial charge on any atom is -0.352 e. The number of halogens is 1. The van der Waals surface area contributed by atoms with E-state index in [1.807, 2.05) is 17.0 Å². The average molecular weight is 382 g/mol. The van der Waals surface area contributed by atoms with Crippen molar-refractivity contribution in [1.29, 1.82) is 0 Å². The van der Waals surface area contributed by atoms with E-state index < -0.39 is 0 Å². The second-order valence-electron chi connectivity index (χ2n) is 5.75. The molecule has 2 amide bonds. The molecule has 1 atom stereocenters. The van der Waals surface area contributed by atoms with Crippen molar-refractivity contribution in [2.75, 3.05) is 26.2 Å². The normalized spacial score (nSPS) is 17.0. The van der Waals surface area contributed by atoms with Crippen LogP contribution in [0.3, 0.4) is 0 Å². The molecule has 6 heteroatoms. The van der Waals surface area contributed by atoms with Gasteiger partial charge in [0.05, 0.1) is 0 Å². The fourth-order valence-corrected chi connectivity index (χ4v) is 3.05. The van der Waals surface area contributed by atoms with E-state index in [0.29, 0.717) is 24.6 Å². The molecule has 126 valence electrons. The van der Waals surface area contributed by atoms with Gasteiger partial charge in [-0.2, -0.15) is 0 Å². The molecule has 1 unspecified atom stereocenters. The van der Waals surface area contributed by atoms with Gasteiger partial charge in [0.1, 0.15) is 0 Å². The fraction of sp³-hybridized carbons (Fsp3) is 0.529. The van der Waals surface area contributed by atoms with Crippen molar-refractivity contribution < 1.29 is 9.59 Å². The molecule has 0 aliphatic carbocycles. The van der Waals surface area contributed by atoms with Crippen LogP contribution in [-0.2, 0) is 4.79 Å². The molecule has 1 heterocycles. The van der Waals surface area contributed by atoms with Gasteiger partial charge in [0.25, 0.3) is 5.91 Å². The first kappa shape index (κ1) is 17.9. The second kappa shape index (κ2) is 9.03. The van der Waals surface area contributed by atoms with E-state index in [4.69, 9.17) is 0 Å². The average Bonchev–Trinajstić information content (AvgIpc) is 3.07. The number of rotatable bonds is 7. The van der Waals surface area contributed by atoms with Crippen molar-refractivity contribution in [2.45, 2.75) is 32.2 Å². The number of hydrogen-bond acceptors (Lipinski definition) is 3. The van der Waals surface area contributed by atoms with Crippen molar-refractivity contribution in [2.24, 2.45) is 0 Å². The van der Waals surface area contributed by atoms with Crippen molar-refractivity contribution in [3.8, 4) is 0 Å². The van der Waals surface area contributed by atoms with Gasteiger partial charge >= 0.3 is 0 Å². The molecule has 23 heavy (non-hydrogen) atoms. The number of benzene rings is 1. The Kier molecular flexibility index (Phi) is 7.05. The number of hydrogen-bond donors (Lipinski definition) is 2. The minimum absolute atomic E-state index is 0.122. The number of carbonyl (C=O) groups excluding carboxylic acids is 2. The molecule has 0 bridgehead atoms. The van der Waals surface area contributed by atoms with Crippen molar-refractivity contribution in [1.82, 2.24) is 15.5 Å². The quantitative estimate of drug-likeness (QED) is 0.760. The largest absolute Gasteiger partial charge is 0.352 e. The van der Waals surface area contributed by atoms with Crippen LogP contribution in [0.1, 0.15) is 36.5 Å². The van der Waals surface area contributed by atoms with E-state index in [0.717, 1.165) is 36.9 Å². The SMILES string of the molecule is CCCN(C(=O)CCNC(=O)c1ccc(Br)cc1)C1CCNC1. The van der Waals surface area contributed by atoms with Crippen LogP contribution in [0.5, 0.6) is 0 Å². The van der Waals surface area contributed by atoms with E-state index in [2.05, 4.69) is 33.5 Å². The molecular weight excluding hydrogens is 358 g/mol. The maximum atomic E-state index is 12.4. The highest BCUT2D eigenvalue weighted by Crippen LogP contribution is 2.12. The van der Waals surface area contributed by atoms with Crippen LogP contribution in [-0.4, -0.2) is 48.9 Å². The Morgan fingerprint density at radius 1 is 1.35 bits per heavy atom. The lowest BCUT2D eigenvalue weighted by molar-refractivity contribution is -0.133. The van der Waals surface area contributed by atoms with Crippen LogP contribution >= 0.6 is 15.9 Å². The van der Waals surface area contributed by atoms with Gasteiger partial charge in [-0.1, -0.05) is 22.9 Å². The van der Waals surface area contributed by atoms with E-state index >= 15 is 0 Å². The summed E-state index contributed by atoms with van der Waals surface area (Å²) in [6.07, 6.45) is 2.31. The first-order valence-corrected chi connectivity index (χ1v) is 8.95. The molecule has 0 saturated carbocycles. The van der Waals surface area contributed by atoms with Gasteiger partial charge in [-0.05, 0) is 43.7 Å². The number of carbonyl (C=O) groups is 2. The van der Waals surface area contributed by atoms with Crippen LogP contribution in [0.4, 0.5) is 0 Å². The van der Waals surface area contributed by atoms with E-state index in [-0.39, 0.29) is 11.8 Å². The Bertz CT molecular complexity index is 527. The van der Waals surface area contributed by atoms with Crippen LogP contribution in [0, 0.1) is 0 Å². The Balaban J connectivity index is 1.80. The summed E-state index contributed by atoms with van der Waals surface area (Å²) < 4.78 is 0.935. The smallest absolute Gasteiger partial charge is 0.251 e. The fourth-order valence-electron chi connectivity index (χ4n) is 2.79. The third kappa shape index (κ3) is 5.32. The van der Waals surface area contributed by atoms with Crippen molar-refractivity contribution in [3.63, 3.8) is 0 Å². The molecule has 1 fully saturated rings. The summed E-state index contributed by atoms with van der Waals surface area (Å²) in [6, 6.07) is 7.47. The zero-order valence-electron chi connectivity index (χ0n) is 13.5. The molecule has 2 N–H and O–H groups in total. The topological polar surface area (TPSA) is 61.4 Å². The zero-order chi connectivity index (χ0) is 16.7. The predicted molar refractivity (Wildman–Crippen MR) is 94.4 cm³/mol. The summed E-state index contributed by atoms with van der Waals surface area (Å²) in [6.45, 7) is 5.08. The highest BCUT2D eigenvalue weighted by Gasteiger charge is 2.25. The lowest BCUT2D eigenvalue weighted by atomic mass is 10.2. The lowest BCUT2D eigenvalue weighted by Gasteiger charge is -2.28. The van der Waals surface area contributed by atoms with Crippen LogP contribution in [0.15, 0.2) is 28.7 Å². The first-order valence-electron chi connectivity index (χ1n) is 8.15. The summed E-state index contributed by atoms with van der Waals surface area (Å²) >= 11 is 3.34. The highest BCUT2D eigenvalue weighted by atomic mass is 79.9. The minimum atomic E-state index is -0.144. The molecular formula is C17H24BrN3O2. The van der Waals surface area contributed by atoms with Gasteiger partial charge in [0.15, 0.2) is 0 Å². The van der Waals surface area contributed by atoms with E-state index in [1.54, 1.807) is 12.1 Å². The maximum Gasteiger partial charge on any atom is 0.251 e. The number of amides is 2. The molecule has 1 saturated heterocycles. The zero-order valence-corrected chi connectivity index (χ0v) is 15.1.